The lowest BCUT2D eigenvalue weighted by Crippen LogP contribution is -2.26. The van der Waals surface area contributed by atoms with Gasteiger partial charge in [-0.3, -0.25) is 9.59 Å². The number of H-pyrrole nitrogens is 2. The lowest BCUT2D eigenvalue weighted by atomic mass is 9.84. The highest BCUT2D eigenvalue weighted by Gasteiger charge is 2.37. The van der Waals surface area contributed by atoms with Gasteiger partial charge >= 0.3 is 0 Å². The van der Waals surface area contributed by atoms with Gasteiger partial charge in [0.1, 0.15) is 5.39 Å². The molecule has 1 aliphatic carbocycles. The van der Waals surface area contributed by atoms with Crippen molar-refractivity contribution >= 4 is 10.9 Å². The zero-order chi connectivity index (χ0) is 14.3. The van der Waals surface area contributed by atoms with Crippen molar-refractivity contribution in [3.8, 4) is 0 Å². The molecule has 3 rings (SSSR count). The highest BCUT2D eigenvalue weighted by molar-refractivity contribution is 5.77. The van der Waals surface area contributed by atoms with E-state index in [4.69, 9.17) is 0 Å². The number of hydrogen-bond acceptors (Lipinski definition) is 2. The lowest BCUT2D eigenvalue weighted by molar-refractivity contribution is -0.0412. The van der Waals surface area contributed by atoms with Gasteiger partial charge in [-0.05, 0) is 18.9 Å². The Morgan fingerprint density at radius 2 is 2.10 bits per heavy atom. The number of aromatic amines is 2. The number of alkyl halides is 2. The van der Waals surface area contributed by atoms with Crippen LogP contribution in [0.15, 0.2) is 27.9 Å². The molecule has 2 aromatic heterocycles. The van der Waals surface area contributed by atoms with Crippen molar-refractivity contribution < 1.29 is 8.78 Å². The summed E-state index contributed by atoms with van der Waals surface area (Å²) in [6, 6.07) is 2.85. The molecule has 0 bridgehead atoms. The Balaban J connectivity index is 2.10. The fourth-order valence-corrected chi connectivity index (χ4v) is 2.89. The number of halogens is 2. The first kappa shape index (κ1) is 13.0. The standard InChI is InChI=1S/C14H14F2N2O2/c15-14(16)4-1-2-8(7-14)10-6-11(19)12-9(18-10)3-5-17-13(12)20/h3,5-6,8H,1-2,4,7H2,(H,17,20)(H,18,19)/t8-/m0/s1. The molecular formula is C14H14F2N2O2. The van der Waals surface area contributed by atoms with Crippen LogP contribution in [0.4, 0.5) is 8.78 Å². The molecule has 0 aliphatic heterocycles. The maximum absolute atomic E-state index is 13.5. The summed E-state index contributed by atoms with van der Waals surface area (Å²) in [6.45, 7) is 0. The molecule has 1 aliphatic rings. The number of fused-ring (bicyclic) bond motifs is 1. The number of aromatic nitrogens is 2. The van der Waals surface area contributed by atoms with Crippen molar-refractivity contribution in [1.29, 1.82) is 0 Å². The molecule has 0 amide bonds. The third-order valence-electron chi connectivity index (χ3n) is 3.85. The molecule has 20 heavy (non-hydrogen) atoms. The smallest absolute Gasteiger partial charge is 0.261 e. The Labute approximate surface area is 112 Å². The van der Waals surface area contributed by atoms with Crippen LogP contribution >= 0.6 is 0 Å². The molecule has 0 saturated heterocycles. The summed E-state index contributed by atoms with van der Waals surface area (Å²) in [5.74, 6) is -3.04. The largest absolute Gasteiger partial charge is 0.358 e. The van der Waals surface area contributed by atoms with E-state index in [0.29, 0.717) is 24.1 Å². The van der Waals surface area contributed by atoms with Crippen LogP contribution in [0.2, 0.25) is 0 Å². The Hall–Kier alpha value is -1.98. The number of hydrogen-bond donors (Lipinski definition) is 2. The number of rotatable bonds is 1. The van der Waals surface area contributed by atoms with E-state index < -0.39 is 16.9 Å². The monoisotopic (exact) mass is 280 g/mol. The van der Waals surface area contributed by atoms with Gasteiger partial charge in [-0.2, -0.15) is 0 Å². The minimum absolute atomic E-state index is 0.0406. The Bertz CT molecular complexity index is 764. The van der Waals surface area contributed by atoms with Gasteiger partial charge in [0.15, 0.2) is 5.43 Å². The topological polar surface area (TPSA) is 65.7 Å². The van der Waals surface area contributed by atoms with Gasteiger partial charge in [0, 0.05) is 36.7 Å². The van der Waals surface area contributed by atoms with Crippen LogP contribution in [0.5, 0.6) is 0 Å². The average molecular weight is 280 g/mol. The normalized spacial score (nSPS) is 22.0. The zero-order valence-corrected chi connectivity index (χ0v) is 10.7. The second kappa shape index (κ2) is 4.54. The van der Waals surface area contributed by atoms with Gasteiger partial charge in [0.05, 0.1) is 5.52 Å². The first-order valence-corrected chi connectivity index (χ1v) is 6.59. The zero-order valence-electron chi connectivity index (χ0n) is 10.7. The van der Waals surface area contributed by atoms with E-state index in [0.717, 1.165) is 0 Å². The summed E-state index contributed by atoms with van der Waals surface area (Å²) < 4.78 is 26.9. The van der Waals surface area contributed by atoms with Crippen molar-refractivity contribution in [1.82, 2.24) is 9.97 Å². The molecular weight excluding hydrogens is 266 g/mol. The maximum atomic E-state index is 13.5. The lowest BCUT2D eigenvalue weighted by Gasteiger charge is -2.28. The van der Waals surface area contributed by atoms with Gasteiger partial charge in [-0.15, -0.1) is 0 Å². The molecule has 2 N–H and O–H groups in total. The van der Waals surface area contributed by atoms with Crippen LogP contribution in [0, 0.1) is 0 Å². The van der Waals surface area contributed by atoms with Crippen molar-refractivity contribution in [3.05, 3.63) is 44.6 Å². The highest BCUT2D eigenvalue weighted by atomic mass is 19.3. The molecule has 6 heteroatoms. The molecule has 2 heterocycles. The molecule has 0 unspecified atom stereocenters. The molecule has 0 radical (unpaired) electrons. The summed E-state index contributed by atoms with van der Waals surface area (Å²) in [7, 11) is 0. The molecule has 106 valence electrons. The Morgan fingerprint density at radius 3 is 2.85 bits per heavy atom. The van der Waals surface area contributed by atoms with Crippen molar-refractivity contribution in [2.24, 2.45) is 0 Å². The van der Waals surface area contributed by atoms with Gasteiger partial charge in [-0.25, -0.2) is 8.78 Å². The van der Waals surface area contributed by atoms with E-state index in [2.05, 4.69) is 9.97 Å². The van der Waals surface area contributed by atoms with E-state index in [-0.39, 0.29) is 24.1 Å². The van der Waals surface area contributed by atoms with Crippen LogP contribution in [0.25, 0.3) is 10.9 Å². The van der Waals surface area contributed by atoms with E-state index in [9.17, 15) is 18.4 Å². The molecule has 0 aromatic carbocycles. The fraction of sp³-hybridized carbons (Fsp3) is 0.429. The van der Waals surface area contributed by atoms with Crippen LogP contribution < -0.4 is 11.0 Å². The second-order valence-electron chi connectivity index (χ2n) is 5.33. The summed E-state index contributed by atoms with van der Waals surface area (Å²) in [5, 5.41) is 0.0406. The number of nitrogens with one attached hydrogen (secondary N) is 2. The van der Waals surface area contributed by atoms with Gasteiger partial charge < -0.3 is 9.97 Å². The molecule has 0 spiro atoms. The first-order valence-electron chi connectivity index (χ1n) is 6.59. The third kappa shape index (κ3) is 2.26. The molecule has 1 atom stereocenters. The highest BCUT2D eigenvalue weighted by Crippen LogP contribution is 2.40. The van der Waals surface area contributed by atoms with Crippen molar-refractivity contribution in [2.45, 2.75) is 37.5 Å². The molecule has 1 fully saturated rings. The van der Waals surface area contributed by atoms with E-state index in [1.165, 1.54) is 12.3 Å². The Kier molecular flexibility index (Phi) is 2.96. The second-order valence-corrected chi connectivity index (χ2v) is 5.33. The number of pyridine rings is 2. The van der Waals surface area contributed by atoms with Crippen molar-refractivity contribution in [3.63, 3.8) is 0 Å². The maximum Gasteiger partial charge on any atom is 0.261 e. The van der Waals surface area contributed by atoms with E-state index >= 15 is 0 Å². The summed E-state index contributed by atoms with van der Waals surface area (Å²) >= 11 is 0. The van der Waals surface area contributed by atoms with E-state index in [1.54, 1.807) is 6.07 Å². The Morgan fingerprint density at radius 1 is 1.30 bits per heavy atom. The predicted molar refractivity (Wildman–Crippen MR) is 71.3 cm³/mol. The third-order valence-corrected chi connectivity index (χ3v) is 3.85. The quantitative estimate of drug-likeness (QED) is 0.843. The average Bonchev–Trinajstić information content (AvgIpc) is 2.37. The van der Waals surface area contributed by atoms with Gasteiger partial charge in [-0.1, -0.05) is 0 Å². The van der Waals surface area contributed by atoms with Gasteiger partial charge in [0.2, 0.25) is 5.92 Å². The molecule has 4 nitrogen and oxygen atoms in total. The molecule has 2 aromatic rings. The minimum Gasteiger partial charge on any atom is -0.358 e. The van der Waals surface area contributed by atoms with Crippen LogP contribution in [-0.4, -0.2) is 15.9 Å². The summed E-state index contributed by atoms with van der Waals surface area (Å²) in [5.41, 5.74) is -0.00798. The predicted octanol–water partition coefficient (Wildman–Crippen LogP) is 2.51. The fourth-order valence-electron chi connectivity index (χ4n) is 2.89. The van der Waals surface area contributed by atoms with Crippen LogP contribution in [0.1, 0.15) is 37.3 Å². The molecule has 1 saturated carbocycles. The van der Waals surface area contributed by atoms with Crippen LogP contribution in [-0.2, 0) is 0 Å². The minimum atomic E-state index is -2.68. The summed E-state index contributed by atoms with van der Waals surface area (Å²) in [4.78, 5) is 29.0. The SMILES string of the molecule is O=c1cc([C@H]2CCCC(F)(F)C2)[nH]c2cc[nH]c(=O)c12. The van der Waals surface area contributed by atoms with Crippen molar-refractivity contribution in [2.75, 3.05) is 0 Å². The first-order chi connectivity index (χ1) is 9.46. The summed E-state index contributed by atoms with van der Waals surface area (Å²) in [6.07, 6.45) is 2.14. The van der Waals surface area contributed by atoms with E-state index in [1.807, 2.05) is 0 Å². The van der Waals surface area contributed by atoms with Gasteiger partial charge in [0.25, 0.3) is 5.56 Å². The van der Waals surface area contributed by atoms with Crippen LogP contribution in [0.3, 0.4) is 0 Å².